The van der Waals surface area contributed by atoms with E-state index in [1.165, 1.54) is 21.9 Å². The van der Waals surface area contributed by atoms with E-state index in [4.69, 9.17) is 4.74 Å². The highest BCUT2D eigenvalue weighted by Gasteiger charge is 2.19. The molecule has 1 aromatic carbocycles. The van der Waals surface area contributed by atoms with Gasteiger partial charge in [0.05, 0.1) is 7.11 Å². The summed E-state index contributed by atoms with van der Waals surface area (Å²) in [6.07, 6.45) is 1.51. The lowest BCUT2D eigenvalue weighted by atomic mass is 10.2. The number of methoxy groups -OCH3 is 1. The maximum absolute atomic E-state index is 12.2. The molecular weight excluding hydrogens is 318 g/mol. The van der Waals surface area contributed by atoms with E-state index in [2.05, 4.69) is 10.3 Å². The number of thiazole rings is 1. The van der Waals surface area contributed by atoms with Gasteiger partial charge in [-0.25, -0.2) is 0 Å². The van der Waals surface area contributed by atoms with Crippen LogP contribution in [0.15, 0.2) is 40.6 Å². The van der Waals surface area contributed by atoms with E-state index < -0.39 is 17.3 Å². The van der Waals surface area contributed by atoms with E-state index >= 15 is 0 Å². The number of nitrogens with one attached hydrogen (secondary N) is 1. The van der Waals surface area contributed by atoms with E-state index in [0.717, 1.165) is 5.56 Å². The van der Waals surface area contributed by atoms with Crippen LogP contribution < -0.4 is 15.6 Å². The SMILES string of the molecule is COc1ccc(CNC(=O)c2c(O)nc3sccn3c2=O)cc1. The number of aromatic nitrogens is 2. The fraction of sp³-hybridized carbons (Fsp3) is 0.133. The van der Waals surface area contributed by atoms with Gasteiger partial charge in [0.15, 0.2) is 10.5 Å². The largest absolute Gasteiger partial charge is 0.497 e. The normalized spacial score (nSPS) is 10.7. The molecule has 2 aromatic heterocycles. The molecule has 8 heteroatoms. The van der Waals surface area contributed by atoms with Gasteiger partial charge in [-0.15, -0.1) is 11.3 Å². The zero-order valence-electron chi connectivity index (χ0n) is 12.1. The first-order valence-electron chi connectivity index (χ1n) is 6.70. The maximum atomic E-state index is 12.2. The molecule has 0 fully saturated rings. The number of hydrogen-bond donors (Lipinski definition) is 2. The Morgan fingerprint density at radius 3 is 2.83 bits per heavy atom. The van der Waals surface area contributed by atoms with Crippen LogP contribution in [-0.2, 0) is 6.54 Å². The predicted octanol–water partition coefficient (Wildman–Crippen LogP) is 1.40. The van der Waals surface area contributed by atoms with Crippen molar-refractivity contribution in [1.29, 1.82) is 0 Å². The fourth-order valence-corrected chi connectivity index (χ4v) is 2.78. The number of aromatic hydroxyl groups is 1. The summed E-state index contributed by atoms with van der Waals surface area (Å²) < 4.78 is 6.29. The van der Waals surface area contributed by atoms with Gasteiger partial charge in [0.25, 0.3) is 11.5 Å². The van der Waals surface area contributed by atoms with Crippen molar-refractivity contribution >= 4 is 22.2 Å². The summed E-state index contributed by atoms with van der Waals surface area (Å²) in [5.74, 6) is -0.524. The summed E-state index contributed by atoms with van der Waals surface area (Å²) in [5.41, 5.74) is -0.126. The average molecular weight is 331 g/mol. The highest BCUT2D eigenvalue weighted by atomic mass is 32.1. The van der Waals surface area contributed by atoms with Crippen LogP contribution in [0.3, 0.4) is 0 Å². The molecule has 0 bridgehead atoms. The Hall–Kier alpha value is -2.87. The van der Waals surface area contributed by atoms with Crippen molar-refractivity contribution in [3.05, 3.63) is 57.3 Å². The van der Waals surface area contributed by atoms with Crippen molar-refractivity contribution in [2.75, 3.05) is 7.11 Å². The highest BCUT2D eigenvalue weighted by molar-refractivity contribution is 7.15. The van der Waals surface area contributed by atoms with E-state index in [1.54, 1.807) is 36.8 Å². The lowest BCUT2D eigenvalue weighted by Gasteiger charge is -2.07. The van der Waals surface area contributed by atoms with Gasteiger partial charge >= 0.3 is 0 Å². The molecule has 1 amide bonds. The van der Waals surface area contributed by atoms with Crippen LogP contribution >= 0.6 is 11.3 Å². The zero-order valence-corrected chi connectivity index (χ0v) is 13.0. The number of carbonyl (C=O) groups excluding carboxylic acids is 1. The van der Waals surface area contributed by atoms with Crippen molar-refractivity contribution in [3.63, 3.8) is 0 Å². The standard InChI is InChI=1S/C15H13N3O4S/c1-22-10-4-2-9(3-5-10)8-16-12(19)11-13(20)17-15-18(14(11)21)6-7-23-15/h2-7,20H,8H2,1H3,(H,16,19). The lowest BCUT2D eigenvalue weighted by Crippen LogP contribution is -2.31. The number of nitrogens with zero attached hydrogens (tertiary/aromatic N) is 2. The van der Waals surface area contributed by atoms with Gasteiger partial charge in [0, 0.05) is 18.1 Å². The van der Waals surface area contributed by atoms with E-state index in [1.807, 2.05) is 0 Å². The van der Waals surface area contributed by atoms with E-state index in [9.17, 15) is 14.7 Å². The number of fused-ring (bicyclic) bond motifs is 1. The molecule has 0 radical (unpaired) electrons. The Bertz CT molecular complexity index is 915. The van der Waals surface area contributed by atoms with Gasteiger partial charge < -0.3 is 15.2 Å². The Morgan fingerprint density at radius 2 is 2.13 bits per heavy atom. The molecule has 2 N–H and O–H groups in total. The minimum absolute atomic E-state index is 0.216. The van der Waals surface area contributed by atoms with Crippen LogP contribution in [-0.4, -0.2) is 27.5 Å². The summed E-state index contributed by atoms with van der Waals surface area (Å²) >= 11 is 1.20. The van der Waals surface area contributed by atoms with Gasteiger partial charge in [0.1, 0.15) is 5.75 Å². The summed E-state index contributed by atoms with van der Waals surface area (Å²) in [6, 6.07) is 7.14. The topological polar surface area (TPSA) is 92.9 Å². The first-order valence-corrected chi connectivity index (χ1v) is 7.58. The number of carbonyl (C=O) groups is 1. The summed E-state index contributed by atoms with van der Waals surface area (Å²) in [5, 5.41) is 14.1. The number of rotatable bonds is 4. The minimum atomic E-state index is -0.670. The van der Waals surface area contributed by atoms with Crippen LogP contribution in [0.1, 0.15) is 15.9 Å². The van der Waals surface area contributed by atoms with Crippen molar-refractivity contribution in [3.8, 4) is 11.6 Å². The third-order valence-electron chi connectivity index (χ3n) is 3.29. The van der Waals surface area contributed by atoms with Crippen LogP contribution in [0.25, 0.3) is 4.96 Å². The third kappa shape index (κ3) is 2.88. The van der Waals surface area contributed by atoms with Crippen LogP contribution in [0.2, 0.25) is 0 Å². The molecule has 0 saturated heterocycles. The molecule has 0 atom stereocenters. The van der Waals surface area contributed by atoms with Gasteiger partial charge in [0.2, 0.25) is 5.88 Å². The third-order valence-corrected chi connectivity index (χ3v) is 4.04. The second-order valence-electron chi connectivity index (χ2n) is 4.70. The molecule has 118 valence electrons. The van der Waals surface area contributed by atoms with Crippen molar-refractivity contribution in [1.82, 2.24) is 14.7 Å². The first-order chi connectivity index (χ1) is 11.1. The summed E-state index contributed by atoms with van der Waals surface area (Å²) in [7, 11) is 1.57. The van der Waals surface area contributed by atoms with Crippen molar-refractivity contribution < 1.29 is 14.6 Å². The van der Waals surface area contributed by atoms with Gasteiger partial charge in [-0.2, -0.15) is 4.98 Å². The fourth-order valence-electron chi connectivity index (χ4n) is 2.08. The quantitative estimate of drug-likeness (QED) is 0.754. The van der Waals surface area contributed by atoms with Crippen LogP contribution in [0.4, 0.5) is 0 Å². The Morgan fingerprint density at radius 1 is 1.39 bits per heavy atom. The predicted molar refractivity (Wildman–Crippen MR) is 85.2 cm³/mol. The molecule has 0 aliphatic rings. The minimum Gasteiger partial charge on any atom is -0.497 e. The van der Waals surface area contributed by atoms with Crippen molar-refractivity contribution in [2.45, 2.75) is 6.54 Å². The smallest absolute Gasteiger partial charge is 0.275 e. The summed E-state index contributed by atoms with van der Waals surface area (Å²) in [4.78, 5) is 28.6. The Kier molecular flexibility index (Phi) is 3.98. The zero-order chi connectivity index (χ0) is 16.4. The molecule has 3 rings (SSSR count). The number of benzene rings is 1. The molecule has 0 aliphatic heterocycles. The van der Waals surface area contributed by atoms with Gasteiger partial charge in [-0.05, 0) is 17.7 Å². The molecule has 23 heavy (non-hydrogen) atoms. The average Bonchev–Trinajstić information content (AvgIpc) is 3.02. The summed E-state index contributed by atoms with van der Waals surface area (Å²) in [6.45, 7) is 0.216. The first kappa shape index (κ1) is 15.0. The molecule has 0 aliphatic carbocycles. The molecule has 0 unspecified atom stereocenters. The van der Waals surface area contributed by atoms with Crippen LogP contribution in [0.5, 0.6) is 11.6 Å². The maximum Gasteiger partial charge on any atom is 0.275 e. The molecule has 0 spiro atoms. The molecule has 3 aromatic rings. The monoisotopic (exact) mass is 331 g/mol. The molecular formula is C15H13N3O4S. The highest BCUT2D eigenvalue weighted by Crippen LogP contribution is 2.15. The Balaban J connectivity index is 1.81. The van der Waals surface area contributed by atoms with Crippen molar-refractivity contribution in [2.24, 2.45) is 0 Å². The Labute approximate surface area is 134 Å². The second-order valence-corrected chi connectivity index (χ2v) is 5.57. The number of amides is 1. The van der Waals surface area contributed by atoms with Gasteiger partial charge in [-0.1, -0.05) is 12.1 Å². The van der Waals surface area contributed by atoms with Crippen LogP contribution in [0, 0.1) is 0 Å². The molecule has 7 nitrogen and oxygen atoms in total. The van der Waals surface area contributed by atoms with Gasteiger partial charge in [-0.3, -0.25) is 14.0 Å². The molecule has 0 saturated carbocycles. The number of ether oxygens (including phenoxy) is 1. The number of hydrogen-bond acceptors (Lipinski definition) is 6. The second kappa shape index (κ2) is 6.09. The van der Waals surface area contributed by atoms with E-state index in [0.29, 0.717) is 10.7 Å². The lowest BCUT2D eigenvalue weighted by molar-refractivity contribution is 0.0945. The van der Waals surface area contributed by atoms with E-state index in [-0.39, 0.29) is 12.1 Å². The molecule has 2 heterocycles.